The fraction of sp³-hybridized carbons (Fsp3) is 0.444. The summed E-state index contributed by atoms with van der Waals surface area (Å²) < 4.78 is 34.6. The number of guanidine groups is 1. The molecule has 1 aliphatic rings. The van der Waals surface area contributed by atoms with E-state index >= 15 is 0 Å². The number of rotatable bonds is 12. The van der Waals surface area contributed by atoms with E-state index in [0.29, 0.717) is 0 Å². The van der Waals surface area contributed by atoms with Gasteiger partial charge in [0.05, 0.1) is 18.5 Å². The van der Waals surface area contributed by atoms with Crippen molar-refractivity contribution in [3.8, 4) is 0 Å². The SMILES string of the molecule is CC(C)(O/N=C(\C(=O)C[C@@H]1C(=O)N(S(=O)(=O)O)[C@@H]1Cn1cnc(CN=C(N)N)n1)c1csc(N)n1)C(=O)O. The van der Waals surface area contributed by atoms with E-state index in [0.717, 1.165) is 11.3 Å². The van der Waals surface area contributed by atoms with Gasteiger partial charge in [0.15, 0.2) is 28.4 Å². The number of Topliss-reactive ketones (excluding diaryl/α,β-unsaturated/α-hetero) is 1. The van der Waals surface area contributed by atoms with Crippen LogP contribution >= 0.6 is 11.3 Å². The first kappa shape index (κ1) is 28.4. The van der Waals surface area contributed by atoms with Crippen molar-refractivity contribution in [1.29, 1.82) is 0 Å². The van der Waals surface area contributed by atoms with Gasteiger partial charge in [0.1, 0.15) is 18.6 Å². The number of aliphatic carboxylic acids is 1. The Morgan fingerprint density at radius 2 is 2.00 bits per heavy atom. The monoisotopic (exact) mass is 572 g/mol. The number of hydrogen-bond acceptors (Lipinski definition) is 13. The number of hydrogen-bond donors (Lipinski definition) is 5. The molecule has 206 valence electrons. The molecule has 38 heavy (non-hydrogen) atoms. The molecular formula is C18H24N10O8S2. The summed E-state index contributed by atoms with van der Waals surface area (Å²) in [5.74, 6) is -4.47. The van der Waals surface area contributed by atoms with Crippen LogP contribution < -0.4 is 17.2 Å². The number of thiazole rings is 1. The van der Waals surface area contributed by atoms with E-state index in [1.165, 1.54) is 30.2 Å². The van der Waals surface area contributed by atoms with Crippen LogP contribution in [0.4, 0.5) is 5.13 Å². The number of aromatic nitrogens is 4. The number of ketones is 1. The Morgan fingerprint density at radius 1 is 1.32 bits per heavy atom. The molecule has 2 aromatic heterocycles. The topological polar surface area (TPSA) is 285 Å². The van der Waals surface area contributed by atoms with Gasteiger partial charge >= 0.3 is 16.3 Å². The highest BCUT2D eigenvalue weighted by molar-refractivity contribution is 7.84. The number of aliphatic imine (C=N–C) groups is 1. The number of nitrogens with zero attached hydrogens (tertiary/aromatic N) is 7. The van der Waals surface area contributed by atoms with E-state index in [1.807, 2.05) is 0 Å². The molecule has 0 radical (unpaired) electrons. The van der Waals surface area contributed by atoms with Gasteiger partial charge in [-0.2, -0.15) is 13.5 Å². The van der Waals surface area contributed by atoms with Gasteiger partial charge in [-0.05, 0) is 13.8 Å². The summed E-state index contributed by atoms with van der Waals surface area (Å²) in [6.07, 6.45) is 0.645. The van der Waals surface area contributed by atoms with Crippen LogP contribution in [0.25, 0.3) is 0 Å². The fourth-order valence-corrected chi connectivity index (χ4v) is 4.73. The molecule has 1 saturated heterocycles. The molecule has 1 fully saturated rings. The van der Waals surface area contributed by atoms with E-state index in [1.54, 1.807) is 0 Å². The number of nitrogens with two attached hydrogens (primary N) is 3. The van der Waals surface area contributed by atoms with Crippen molar-refractivity contribution in [1.82, 2.24) is 24.1 Å². The number of carbonyl (C=O) groups excluding carboxylic acids is 2. The molecule has 0 spiro atoms. The van der Waals surface area contributed by atoms with Crippen molar-refractivity contribution < 1.29 is 37.3 Å². The van der Waals surface area contributed by atoms with E-state index in [4.69, 9.17) is 22.0 Å². The van der Waals surface area contributed by atoms with E-state index < -0.39 is 57.7 Å². The first-order valence-electron chi connectivity index (χ1n) is 10.6. The summed E-state index contributed by atoms with van der Waals surface area (Å²) in [4.78, 5) is 54.0. The lowest BCUT2D eigenvalue weighted by Gasteiger charge is -2.43. The Kier molecular flexibility index (Phi) is 7.98. The molecule has 0 saturated carbocycles. The summed E-state index contributed by atoms with van der Waals surface area (Å²) >= 11 is 0.974. The predicted molar refractivity (Wildman–Crippen MR) is 131 cm³/mol. The second-order valence-electron chi connectivity index (χ2n) is 8.45. The zero-order valence-electron chi connectivity index (χ0n) is 20.0. The van der Waals surface area contributed by atoms with Crippen LogP contribution in [0.1, 0.15) is 31.8 Å². The van der Waals surface area contributed by atoms with E-state index in [-0.39, 0.29) is 40.0 Å². The number of β-lactam (4-membered cyclic amide) rings is 1. The van der Waals surface area contributed by atoms with Gasteiger partial charge in [-0.1, -0.05) is 5.16 Å². The van der Waals surface area contributed by atoms with Gasteiger partial charge in [-0.15, -0.1) is 11.3 Å². The quantitative estimate of drug-likeness (QED) is 0.0602. The van der Waals surface area contributed by atoms with Gasteiger partial charge in [-0.25, -0.2) is 24.1 Å². The molecule has 20 heteroatoms. The van der Waals surface area contributed by atoms with E-state index in [2.05, 4.69) is 25.2 Å². The van der Waals surface area contributed by atoms with Crippen LogP contribution in [0.2, 0.25) is 0 Å². The van der Waals surface area contributed by atoms with Gasteiger partial charge in [0.25, 0.3) is 0 Å². The van der Waals surface area contributed by atoms with Crippen molar-refractivity contribution in [3.05, 3.63) is 23.2 Å². The Balaban J connectivity index is 1.87. The number of amides is 1. The molecule has 3 rings (SSSR count). The molecule has 0 bridgehead atoms. The maximum atomic E-state index is 13.2. The molecule has 0 aliphatic carbocycles. The minimum atomic E-state index is -4.97. The third-order valence-electron chi connectivity index (χ3n) is 5.22. The minimum Gasteiger partial charge on any atom is -0.478 e. The third-order valence-corrected chi connectivity index (χ3v) is 6.85. The number of nitrogen functional groups attached to an aromatic ring is 1. The summed E-state index contributed by atoms with van der Waals surface area (Å²) in [5.41, 5.74) is 13.9. The molecule has 2 atom stereocenters. The summed E-state index contributed by atoms with van der Waals surface area (Å²) in [7, 11) is -4.97. The lowest BCUT2D eigenvalue weighted by Crippen LogP contribution is -2.64. The Bertz CT molecular complexity index is 1410. The second kappa shape index (κ2) is 10.7. The summed E-state index contributed by atoms with van der Waals surface area (Å²) in [5, 5.41) is 18.5. The van der Waals surface area contributed by atoms with Gasteiger partial charge in [0.2, 0.25) is 11.5 Å². The molecular weight excluding hydrogens is 548 g/mol. The highest BCUT2D eigenvalue weighted by Gasteiger charge is 2.54. The van der Waals surface area contributed by atoms with Gasteiger partial charge < -0.3 is 27.1 Å². The largest absolute Gasteiger partial charge is 0.478 e. The second-order valence-corrected chi connectivity index (χ2v) is 10.6. The summed E-state index contributed by atoms with van der Waals surface area (Å²) in [6, 6.07) is -1.22. The third kappa shape index (κ3) is 6.39. The van der Waals surface area contributed by atoms with Crippen LogP contribution in [0, 0.1) is 5.92 Å². The molecule has 0 unspecified atom stereocenters. The number of carboxylic acid groups (broad SMARTS) is 1. The van der Waals surface area contributed by atoms with Crippen molar-refractivity contribution in [2.45, 2.75) is 45.0 Å². The van der Waals surface area contributed by atoms with Crippen LogP contribution in [-0.4, -0.2) is 83.1 Å². The number of anilines is 1. The first-order chi connectivity index (χ1) is 17.6. The van der Waals surface area contributed by atoms with Crippen LogP contribution in [0.3, 0.4) is 0 Å². The fourth-order valence-electron chi connectivity index (χ4n) is 3.26. The smallest absolute Gasteiger partial charge is 0.362 e. The lowest BCUT2D eigenvalue weighted by atomic mass is 9.84. The number of carbonyl (C=O) groups is 3. The highest BCUT2D eigenvalue weighted by Crippen LogP contribution is 2.34. The highest BCUT2D eigenvalue weighted by atomic mass is 32.2. The Hall–Kier alpha value is -4.17. The standard InChI is InChI=1S/C18H24N10O8S2/c1-18(2,15(31)32)36-26-13(9-6-37-17(21)24-9)11(29)3-8-10(28(14(8)30)38(33,34)35)5-27-7-23-12(25-27)4-22-16(19)20/h6-8,10H,3-5H2,1-2H3,(H2,21,24)(H,31,32)(H4,19,20,22)(H,33,34,35)/b26-13-/t8-,10+/m0/s1. The normalized spacial score (nSPS) is 18.1. The van der Waals surface area contributed by atoms with Crippen LogP contribution in [0.15, 0.2) is 21.9 Å². The zero-order chi connectivity index (χ0) is 28.4. The Morgan fingerprint density at radius 3 is 2.55 bits per heavy atom. The van der Waals surface area contributed by atoms with Crippen molar-refractivity contribution in [2.24, 2.45) is 27.5 Å². The van der Waals surface area contributed by atoms with Crippen LogP contribution in [-0.2, 0) is 42.6 Å². The van der Waals surface area contributed by atoms with E-state index in [9.17, 15) is 32.5 Å². The Labute approximate surface area is 219 Å². The summed E-state index contributed by atoms with van der Waals surface area (Å²) in [6.45, 7) is 2.07. The maximum Gasteiger partial charge on any atom is 0.362 e. The number of carboxylic acids is 1. The predicted octanol–water partition coefficient (Wildman–Crippen LogP) is -2.04. The average Bonchev–Trinajstić information content (AvgIpc) is 3.43. The molecule has 1 aliphatic heterocycles. The van der Waals surface area contributed by atoms with Crippen molar-refractivity contribution in [3.63, 3.8) is 0 Å². The average molecular weight is 573 g/mol. The first-order valence-corrected chi connectivity index (χ1v) is 12.9. The maximum absolute atomic E-state index is 13.2. The molecule has 8 N–H and O–H groups in total. The van der Waals surface area contributed by atoms with Crippen LogP contribution in [0.5, 0.6) is 0 Å². The minimum absolute atomic E-state index is 0.0331. The van der Waals surface area contributed by atoms with Gasteiger partial charge in [0, 0.05) is 11.8 Å². The van der Waals surface area contributed by atoms with Gasteiger partial charge in [-0.3, -0.25) is 18.8 Å². The molecule has 3 heterocycles. The zero-order valence-corrected chi connectivity index (χ0v) is 21.6. The molecule has 18 nitrogen and oxygen atoms in total. The molecule has 1 amide bonds. The molecule has 0 aromatic carbocycles. The van der Waals surface area contributed by atoms with Crippen molar-refractivity contribution in [2.75, 3.05) is 5.73 Å². The van der Waals surface area contributed by atoms with Crippen molar-refractivity contribution >= 4 is 56.1 Å². The lowest BCUT2D eigenvalue weighted by molar-refractivity contribution is -0.161. The molecule has 2 aromatic rings. The number of oxime groups is 1.